The van der Waals surface area contributed by atoms with Crippen molar-refractivity contribution in [3.63, 3.8) is 0 Å². The van der Waals surface area contributed by atoms with E-state index in [0.717, 1.165) is 44.1 Å². The molecule has 1 heterocycles. The molecule has 1 N–H and O–H groups in total. The Kier molecular flexibility index (Phi) is 4.58. The zero-order valence-corrected chi connectivity index (χ0v) is 11.9. The molecule has 0 saturated carbocycles. The average Bonchev–Trinajstić information content (AvgIpc) is 2.84. The lowest BCUT2D eigenvalue weighted by atomic mass is 10.1. The molecule has 1 unspecified atom stereocenters. The first-order valence-electron chi connectivity index (χ1n) is 7.08. The van der Waals surface area contributed by atoms with Gasteiger partial charge in [0.15, 0.2) is 0 Å². The Morgan fingerprint density at radius 2 is 2.10 bits per heavy atom. The van der Waals surface area contributed by atoms with Crippen molar-refractivity contribution in [2.24, 2.45) is 0 Å². The van der Waals surface area contributed by atoms with Crippen LogP contribution in [0.2, 0.25) is 0 Å². The van der Waals surface area contributed by atoms with E-state index < -0.39 is 11.7 Å². The molecule has 0 aromatic heterocycles. The van der Waals surface area contributed by atoms with E-state index in [-0.39, 0.29) is 0 Å². The van der Waals surface area contributed by atoms with Crippen LogP contribution < -0.4 is 10.2 Å². The van der Waals surface area contributed by atoms with Crippen molar-refractivity contribution < 1.29 is 13.2 Å². The topological polar surface area (TPSA) is 15.3 Å². The predicted octanol–water partition coefficient (Wildman–Crippen LogP) is 3.59. The molecule has 0 amide bonds. The third-order valence-electron chi connectivity index (χ3n) is 3.75. The van der Waals surface area contributed by atoms with Gasteiger partial charge in [0.1, 0.15) is 0 Å². The van der Waals surface area contributed by atoms with Crippen LogP contribution in [0.5, 0.6) is 0 Å². The second kappa shape index (κ2) is 6.04. The Morgan fingerprint density at radius 1 is 1.35 bits per heavy atom. The molecule has 1 aromatic carbocycles. The Hall–Kier alpha value is -1.23. The maximum atomic E-state index is 12.8. The molecular weight excluding hydrogens is 265 g/mol. The summed E-state index contributed by atoms with van der Waals surface area (Å²) < 4.78 is 38.4. The normalized spacial score (nSPS) is 19.6. The zero-order chi connectivity index (χ0) is 14.8. The van der Waals surface area contributed by atoms with Gasteiger partial charge in [-0.2, -0.15) is 13.2 Å². The first-order chi connectivity index (χ1) is 9.41. The Bertz CT molecular complexity index is 457. The molecule has 2 nitrogen and oxygen atoms in total. The molecule has 1 atom stereocenters. The third kappa shape index (κ3) is 3.45. The van der Waals surface area contributed by atoms with Crippen molar-refractivity contribution in [3.05, 3.63) is 29.3 Å². The highest BCUT2D eigenvalue weighted by Crippen LogP contribution is 2.34. The minimum atomic E-state index is -4.28. The number of aryl methyl sites for hydroxylation is 1. The number of hydrogen-bond acceptors (Lipinski definition) is 2. The van der Waals surface area contributed by atoms with E-state index in [1.807, 2.05) is 6.92 Å². The lowest BCUT2D eigenvalue weighted by Gasteiger charge is -2.22. The third-order valence-corrected chi connectivity index (χ3v) is 3.75. The van der Waals surface area contributed by atoms with Crippen LogP contribution in [0.1, 0.15) is 30.9 Å². The summed E-state index contributed by atoms with van der Waals surface area (Å²) in [5.74, 6) is 0. The van der Waals surface area contributed by atoms with Gasteiger partial charge in [-0.05, 0) is 44.0 Å². The average molecular weight is 286 g/mol. The van der Waals surface area contributed by atoms with Gasteiger partial charge in [-0.1, -0.05) is 13.0 Å². The molecule has 1 aliphatic rings. The van der Waals surface area contributed by atoms with Gasteiger partial charge in [-0.15, -0.1) is 0 Å². The van der Waals surface area contributed by atoms with Crippen LogP contribution in [0.25, 0.3) is 0 Å². The van der Waals surface area contributed by atoms with Gasteiger partial charge in [-0.25, -0.2) is 0 Å². The standard InChI is InChI=1S/C15H21F3N2/c1-3-7-19-13-6-8-20(10-13)14-9-12(15(16,17)18)5-4-11(14)2/h4-5,9,13,19H,3,6-8,10H2,1-2H3. The van der Waals surface area contributed by atoms with Crippen molar-refractivity contribution in [2.75, 3.05) is 24.5 Å². The van der Waals surface area contributed by atoms with E-state index in [2.05, 4.69) is 17.1 Å². The van der Waals surface area contributed by atoms with Crippen LogP contribution >= 0.6 is 0 Å². The van der Waals surface area contributed by atoms with E-state index in [1.54, 1.807) is 6.07 Å². The van der Waals surface area contributed by atoms with Crippen LogP contribution in [0.3, 0.4) is 0 Å². The minimum Gasteiger partial charge on any atom is -0.370 e. The van der Waals surface area contributed by atoms with E-state index in [4.69, 9.17) is 0 Å². The van der Waals surface area contributed by atoms with Crippen molar-refractivity contribution in [1.82, 2.24) is 5.32 Å². The number of alkyl halides is 3. The molecule has 0 radical (unpaired) electrons. The summed E-state index contributed by atoms with van der Waals surface area (Å²) in [6, 6.07) is 4.37. The fraction of sp³-hybridized carbons (Fsp3) is 0.600. The summed E-state index contributed by atoms with van der Waals surface area (Å²) in [7, 11) is 0. The number of nitrogens with zero attached hydrogens (tertiary/aromatic N) is 1. The summed E-state index contributed by atoms with van der Waals surface area (Å²) in [6.07, 6.45) is -2.23. The van der Waals surface area contributed by atoms with Crippen LogP contribution in [0.4, 0.5) is 18.9 Å². The molecule has 20 heavy (non-hydrogen) atoms. The number of halogens is 3. The van der Waals surface area contributed by atoms with Crippen LogP contribution in [0.15, 0.2) is 18.2 Å². The highest BCUT2D eigenvalue weighted by Gasteiger charge is 2.32. The molecule has 0 spiro atoms. The van der Waals surface area contributed by atoms with Gasteiger partial charge in [0, 0.05) is 24.8 Å². The van der Waals surface area contributed by atoms with Gasteiger partial charge in [0.05, 0.1) is 5.56 Å². The number of benzene rings is 1. The fourth-order valence-electron chi connectivity index (χ4n) is 2.62. The van der Waals surface area contributed by atoms with Gasteiger partial charge < -0.3 is 10.2 Å². The molecule has 5 heteroatoms. The molecule has 2 rings (SSSR count). The maximum Gasteiger partial charge on any atom is 0.416 e. The summed E-state index contributed by atoms with van der Waals surface area (Å²) in [4.78, 5) is 2.05. The van der Waals surface area contributed by atoms with Gasteiger partial charge in [0.25, 0.3) is 0 Å². The van der Waals surface area contributed by atoms with Gasteiger partial charge >= 0.3 is 6.18 Å². The smallest absolute Gasteiger partial charge is 0.370 e. The summed E-state index contributed by atoms with van der Waals surface area (Å²) in [5.41, 5.74) is 1.04. The highest BCUT2D eigenvalue weighted by atomic mass is 19.4. The van der Waals surface area contributed by atoms with E-state index in [0.29, 0.717) is 11.7 Å². The molecule has 1 fully saturated rings. The number of rotatable bonds is 4. The van der Waals surface area contributed by atoms with Crippen molar-refractivity contribution >= 4 is 5.69 Å². The van der Waals surface area contributed by atoms with Crippen molar-refractivity contribution in [1.29, 1.82) is 0 Å². The monoisotopic (exact) mass is 286 g/mol. The second-order valence-electron chi connectivity index (χ2n) is 5.38. The number of anilines is 1. The van der Waals surface area contributed by atoms with Crippen molar-refractivity contribution in [2.45, 2.75) is 38.9 Å². The molecular formula is C15H21F3N2. The number of nitrogens with one attached hydrogen (secondary N) is 1. The molecule has 1 saturated heterocycles. The fourth-order valence-corrected chi connectivity index (χ4v) is 2.62. The molecule has 0 bridgehead atoms. The molecule has 1 aliphatic heterocycles. The van der Waals surface area contributed by atoms with E-state index in [1.165, 1.54) is 6.07 Å². The van der Waals surface area contributed by atoms with E-state index >= 15 is 0 Å². The molecule has 112 valence electrons. The second-order valence-corrected chi connectivity index (χ2v) is 5.38. The summed E-state index contributed by atoms with van der Waals surface area (Å²) >= 11 is 0. The van der Waals surface area contributed by atoms with E-state index in [9.17, 15) is 13.2 Å². The Balaban J connectivity index is 2.13. The van der Waals surface area contributed by atoms with Crippen LogP contribution in [0, 0.1) is 6.92 Å². The summed E-state index contributed by atoms with van der Waals surface area (Å²) in [6.45, 7) is 6.52. The lowest BCUT2D eigenvalue weighted by Crippen LogP contribution is -2.33. The highest BCUT2D eigenvalue weighted by molar-refractivity contribution is 5.56. The Morgan fingerprint density at radius 3 is 2.75 bits per heavy atom. The largest absolute Gasteiger partial charge is 0.416 e. The van der Waals surface area contributed by atoms with Gasteiger partial charge in [0.2, 0.25) is 0 Å². The predicted molar refractivity (Wildman–Crippen MR) is 75.1 cm³/mol. The maximum absolute atomic E-state index is 12.8. The quantitative estimate of drug-likeness (QED) is 0.910. The zero-order valence-electron chi connectivity index (χ0n) is 11.9. The van der Waals surface area contributed by atoms with Crippen LogP contribution in [-0.4, -0.2) is 25.7 Å². The number of hydrogen-bond donors (Lipinski definition) is 1. The summed E-state index contributed by atoms with van der Waals surface area (Å²) in [5, 5.41) is 3.43. The van der Waals surface area contributed by atoms with Gasteiger partial charge in [-0.3, -0.25) is 0 Å². The Labute approximate surface area is 118 Å². The first kappa shape index (κ1) is 15.2. The molecule has 1 aromatic rings. The minimum absolute atomic E-state index is 0.379. The SMILES string of the molecule is CCCNC1CCN(c2cc(C(F)(F)F)ccc2C)C1. The van der Waals surface area contributed by atoms with Crippen molar-refractivity contribution in [3.8, 4) is 0 Å². The molecule has 0 aliphatic carbocycles. The lowest BCUT2D eigenvalue weighted by molar-refractivity contribution is -0.137. The first-order valence-corrected chi connectivity index (χ1v) is 7.08. The van der Waals surface area contributed by atoms with Crippen LogP contribution in [-0.2, 0) is 6.18 Å².